The number of aromatic nitrogens is 2. The molecule has 0 radical (unpaired) electrons. The van der Waals surface area contributed by atoms with Crippen molar-refractivity contribution in [1.82, 2.24) is 14.5 Å². The number of carbonyl (C=O) groups excluding carboxylic acids is 1. The third kappa shape index (κ3) is 5.06. The predicted molar refractivity (Wildman–Crippen MR) is 131 cm³/mol. The third-order valence-electron chi connectivity index (χ3n) is 6.50. The molecule has 4 heteroatoms. The summed E-state index contributed by atoms with van der Waals surface area (Å²) in [5.74, 6) is 1.50. The van der Waals surface area contributed by atoms with Crippen molar-refractivity contribution in [3.8, 4) is 0 Å². The molecule has 1 aliphatic heterocycles. The Balaban J connectivity index is 1.35. The van der Waals surface area contributed by atoms with Crippen LogP contribution in [0, 0.1) is 0 Å². The summed E-state index contributed by atoms with van der Waals surface area (Å²) in [6.07, 6.45) is 4.75. The van der Waals surface area contributed by atoms with Crippen molar-refractivity contribution in [1.29, 1.82) is 0 Å². The Morgan fingerprint density at radius 1 is 0.879 bits per heavy atom. The van der Waals surface area contributed by atoms with Gasteiger partial charge in [0.1, 0.15) is 11.5 Å². The summed E-state index contributed by atoms with van der Waals surface area (Å²) in [5.41, 5.74) is 4.28. The molecule has 0 bridgehead atoms. The normalized spacial score (nSPS) is 15.1. The molecule has 1 atom stereocenters. The number of hydrogen-bond acceptors (Lipinski definition) is 2. The van der Waals surface area contributed by atoms with Gasteiger partial charge in [0.05, 0.1) is 0 Å². The minimum absolute atomic E-state index is 0.00736. The number of hydrogen-bond donors (Lipinski definition) is 0. The van der Waals surface area contributed by atoms with Crippen LogP contribution in [0.4, 0.5) is 0 Å². The molecule has 5 rings (SSSR count). The molecule has 0 spiro atoms. The van der Waals surface area contributed by atoms with E-state index in [2.05, 4.69) is 59.2 Å². The number of nitrogens with zero attached hydrogens (tertiary/aromatic N) is 3. The lowest BCUT2D eigenvalue weighted by atomic mass is 9.92. The molecule has 4 nitrogen and oxygen atoms in total. The van der Waals surface area contributed by atoms with Gasteiger partial charge in [-0.3, -0.25) is 4.79 Å². The van der Waals surface area contributed by atoms with E-state index >= 15 is 0 Å². The van der Waals surface area contributed by atoms with E-state index in [1.807, 2.05) is 47.5 Å². The maximum atomic E-state index is 13.6. The summed E-state index contributed by atoms with van der Waals surface area (Å²) in [7, 11) is 0. The molecule has 1 amide bonds. The third-order valence-corrected chi connectivity index (χ3v) is 6.50. The molecule has 33 heavy (non-hydrogen) atoms. The smallest absolute Gasteiger partial charge is 0.274 e. The first-order valence-corrected chi connectivity index (χ1v) is 11.7. The summed E-state index contributed by atoms with van der Waals surface area (Å²) in [6.45, 7) is 2.12. The zero-order chi connectivity index (χ0) is 22.5. The highest BCUT2D eigenvalue weighted by atomic mass is 16.2. The van der Waals surface area contributed by atoms with Crippen LogP contribution in [-0.4, -0.2) is 26.9 Å². The van der Waals surface area contributed by atoms with Gasteiger partial charge >= 0.3 is 0 Å². The Morgan fingerprint density at radius 3 is 2.21 bits per heavy atom. The van der Waals surface area contributed by atoms with Crippen molar-refractivity contribution in [2.45, 2.75) is 38.3 Å². The average Bonchev–Trinajstić information content (AvgIpc) is 3.31. The molecule has 0 fully saturated rings. The number of aryl methyl sites for hydroxylation is 1. The zero-order valence-corrected chi connectivity index (χ0v) is 18.8. The minimum atomic E-state index is 0.00736. The van der Waals surface area contributed by atoms with Gasteiger partial charge in [0, 0.05) is 38.2 Å². The highest BCUT2D eigenvalue weighted by Gasteiger charge is 2.25. The van der Waals surface area contributed by atoms with Gasteiger partial charge in [-0.1, -0.05) is 91.0 Å². The van der Waals surface area contributed by atoms with Crippen LogP contribution in [0.15, 0.2) is 97.2 Å². The second kappa shape index (κ2) is 9.86. The van der Waals surface area contributed by atoms with E-state index in [4.69, 9.17) is 4.98 Å². The Morgan fingerprint density at radius 2 is 1.52 bits per heavy atom. The largest absolute Gasteiger partial charge is 0.333 e. The molecule has 1 aliphatic rings. The molecule has 0 aliphatic carbocycles. The van der Waals surface area contributed by atoms with Crippen molar-refractivity contribution in [3.05, 3.63) is 125 Å². The molecule has 0 N–H and O–H groups in total. The fourth-order valence-corrected chi connectivity index (χ4v) is 4.67. The molecule has 166 valence electrons. The maximum absolute atomic E-state index is 13.6. The van der Waals surface area contributed by atoms with Gasteiger partial charge in [0.15, 0.2) is 0 Å². The zero-order valence-electron chi connectivity index (χ0n) is 18.8. The number of imidazole rings is 1. The van der Waals surface area contributed by atoms with Crippen LogP contribution in [0.5, 0.6) is 0 Å². The first-order chi connectivity index (χ1) is 16.3. The molecule has 1 aromatic heterocycles. The summed E-state index contributed by atoms with van der Waals surface area (Å²) in [6, 6.07) is 31.2. The molecule has 0 unspecified atom stereocenters. The Hall–Kier alpha value is -3.66. The lowest BCUT2D eigenvalue weighted by molar-refractivity contribution is 0.0739. The predicted octanol–water partition coefficient (Wildman–Crippen LogP) is 5.50. The molecular formula is C29H29N3O. The SMILES string of the molecule is O=C(c1cn2c(n1)CC[C@H](c1ccccc1)C2)N(CCc1ccccc1)Cc1ccccc1. The van der Waals surface area contributed by atoms with Gasteiger partial charge in [-0.25, -0.2) is 4.98 Å². The Kier molecular flexibility index (Phi) is 6.34. The minimum Gasteiger partial charge on any atom is -0.333 e. The average molecular weight is 436 g/mol. The van der Waals surface area contributed by atoms with E-state index in [1.165, 1.54) is 11.1 Å². The van der Waals surface area contributed by atoms with Crippen LogP contribution in [0.1, 0.15) is 45.3 Å². The summed E-state index contributed by atoms with van der Waals surface area (Å²) < 4.78 is 2.19. The lowest BCUT2D eigenvalue weighted by Gasteiger charge is -2.23. The number of carbonyl (C=O) groups is 1. The van der Waals surface area contributed by atoms with Crippen LogP contribution in [0.3, 0.4) is 0 Å². The second-order valence-electron chi connectivity index (χ2n) is 8.79. The van der Waals surface area contributed by atoms with E-state index in [1.54, 1.807) is 0 Å². The van der Waals surface area contributed by atoms with Crippen LogP contribution >= 0.6 is 0 Å². The van der Waals surface area contributed by atoms with Gasteiger partial charge in [-0.05, 0) is 29.5 Å². The summed E-state index contributed by atoms with van der Waals surface area (Å²) in [5, 5.41) is 0. The highest BCUT2D eigenvalue weighted by molar-refractivity contribution is 5.92. The maximum Gasteiger partial charge on any atom is 0.274 e. The Bertz CT molecular complexity index is 1190. The monoisotopic (exact) mass is 435 g/mol. The number of amides is 1. The topological polar surface area (TPSA) is 38.1 Å². The van der Waals surface area contributed by atoms with Crippen molar-refractivity contribution < 1.29 is 4.79 Å². The standard InChI is InChI=1S/C29H29N3O/c33-29(27-22-32-21-26(16-17-28(32)30-27)25-14-8-3-9-15-25)31(20-24-12-6-2-7-13-24)19-18-23-10-4-1-5-11-23/h1-15,22,26H,16-21H2/t26-/m0/s1. The van der Waals surface area contributed by atoms with Gasteiger partial charge < -0.3 is 9.47 Å². The Labute approximate surface area is 195 Å². The number of benzene rings is 3. The van der Waals surface area contributed by atoms with E-state index in [9.17, 15) is 4.79 Å². The van der Waals surface area contributed by atoms with Crippen molar-refractivity contribution in [2.75, 3.05) is 6.54 Å². The summed E-state index contributed by atoms with van der Waals surface area (Å²) in [4.78, 5) is 20.3. The molecule has 0 saturated carbocycles. The van der Waals surface area contributed by atoms with Crippen LogP contribution < -0.4 is 0 Å². The van der Waals surface area contributed by atoms with Crippen molar-refractivity contribution in [2.24, 2.45) is 0 Å². The van der Waals surface area contributed by atoms with Crippen molar-refractivity contribution in [3.63, 3.8) is 0 Å². The van der Waals surface area contributed by atoms with Gasteiger partial charge in [-0.2, -0.15) is 0 Å². The number of rotatable bonds is 7. The van der Waals surface area contributed by atoms with Crippen molar-refractivity contribution >= 4 is 5.91 Å². The molecular weight excluding hydrogens is 406 g/mol. The quantitative estimate of drug-likeness (QED) is 0.385. The molecule has 4 aromatic rings. The van der Waals surface area contributed by atoms with E-state index in [0.29, 0.717) is 24.7 Å². The lowest BCUT2D eigenvalue weighted by Crippen LogP contribution is -2.32. The second-order valence-corrected chi connectivity index (χ2v) is 8.79. The fraction of sp³-hybridized carbons (Fsp3) is 0.241. The van der Waals surface area contributed by atoms with Gasteiger partial charge in [0.2, 0.25) is 0 Å². The highest BCUT2D eigenvalue weighted by Crippen LogP contribution is 2.29. The first kappa shape index (κ1) is 21.2. The van der Waals surface area contributed by atoms with Gasteiger partial charge in [-0.15, -0.1) is 0 Å². The van der Waals surface area contributed by atoms with E-state index < -0.39 is 0 Å². The van der Waals surface area contributed by atoms with E-state index in [-0.39, 0.29) is 5.91 Å². The fourth-order valence-electron chi connectivity index (χ4n) is 4.67. The molecule has 0 saturated heterocycles. The first-order valence-electron chi connectivity index (χ1n) is 11.7. The van der Waals surface area contributed by atoms with Crippen LogP contribution in [0.2, 0.25) is 0 Å². The molecule has 2 heterocycles. The molecule has 3 aromatic carbocycles. The number of fused-ring (bicyclic) bond motifs is 1. The van der Waals surface area contributed by atoms with E-state index in [0.717, 1.165) is 37.2 Å². The summed E-state index contributed by atoms with van der Waals surface area (Å²) >= 11 is 0. The van der Waals surface area contributed by atoms with Crippen LogP contribution in [-0.2, 0) is 25.9 Å². The van der Waals surface area contributed by atoms with Crippen LogP contribution in [0.25, 0.3) is 0 Å². The van der Waals surface area contributed by atoms with Gasteiger partial charge in [0.25, 0.3) is 5.91 Å².